The maximum absolute atomic E-state index is 15.1. The SMILES string of the molecule is Cc1cc(F)c2cccc3c2c1c1c2c(cc[n+]1C)c1cccc(CC(C)(C)C)c1n32. The standard InChI is InChI=1S/C28H26FN2/c1-16-14-21(29)20-10-7-11-22-24(20)23(16)27-26-19(12-13-30(27)5)18-9-6-8-17(15-28(2,3)4)25(18)31(22)26/h6-14H,15H2,1-5H3/q+1. The summed E-state index contributed by atoms with van der Waals surface area (Å²) in [6.07, 6.45) is 3.12. The number of rotatable bonds is 1. The molecule has 0 aliphatic carbocycles. The van der Waals surface area contributed by atoms with E-state index < -0.39 is 0 Å². The number of aryl methyl sites for hydroxylation is 2. The summed E-state index contributed by atoms with van der Waals surface area (Å²) in [6.45, 7) is 8.87. The van der Waals surface area contributed by atoms with E-state index in [9.17, 15) is 0 Å². The van der Waals surface area contributed by atoms with Gasteiger partial charge < -0.3 is 4.40 Å². The Morgan fingerprint density at radius 1 is 0.903 bits per heavy atom. The fraction of sp³-hybridized carbons (Fsp3) is 0.250. The first-order valence-electron chi connectivity index (χ1n) is 10.9. The number of halogens is 1. The Hall–Kier alpha value is -3.20. The number of hydrogen-bond donors (Lipinski definition) is 0. The first kappa shape index (κ1) is 18.6. The third kappa shape index (κ3) is 2.40. The quantitative estimate of drug-likeness (QED) is 0.159. The minimum atomic E-state index is -0.150. The summed E-state index contributed by atoms with van der Waals surface area (Å²) in [5, 5.41) is 5.37. The molecule has 0 radical (unpaired) electrons. The lowest BCUT2D eigenvalue weighted by molar-refractivity contribution is -0.644. The molecule has 0 amide bonds. The van der Waals surface area contributed by atoms with Crippen LogP contribution >= 0.6 is 0 Å². The van der Waals surface area contributed by atoms with Crippen molar-refractivity contribution in [1.29, 1.82) is 0 Å². The first-order valence-corrected chi connectivity index (χ1v) is 10.9. The van der Waals surface area contributed by atoms with Crippen molar-refractivity contribution < 1.29 is 8.96 Å². The van der Waals surface area contributed by atoms with E-state index in [2.05, 4.69) is 73.3 Å². The van der Waals surface area contributed by atoms with Crippen molar-refractivity contribution in [2.24, 2.45) is 12.5 Å². The second-order valence-electron chi connectivity index (χ2n) is 10.2. The van der Waals surface area contributed by atoms with Gasteiger partial charge in [0.25, 0.3) is 0 Å². The normalized spacial score (nSPS) is 13.0. The molecule has 0 saturated carbocycles. The highest BCUT2D eigenvalue weighted by molar-refractivity contribution is 6.25. The number of pyridine rings is 2. The zero-order valence-corrected chi connectivity index (χ0v) is 18.7. The molecule has 3 aromatic heterocycles. The van der Waals surface area contributed by atoms with E-state index >= 15 is 4.39 Å². The number of benzene rings is 3. The minimum absolute atomic E-state index is 0.150. The zero-order valence-electron chi connectivity index (χ0n) is 18.7. The van der Waals surface area contributed by atoms with Crippen molar-refractivity contribution in [2.45, 2.75) is 34.1 Å². The Morgan fingerprint density at radius 3 is 2.39 bits per heavy atom. The van der Waals surface area contributed by atoms with Gasteiger partial charge in [0.15, 0.2) is 6.20 Å². The molecule has 0 atom stereocenters. The summed E-state index contributed by atoms with van der Waals surface area (Å²) in [5.74, 6) is -0.150. The van der Waals surface area contributed by atoms with E-state index in [1.807, 2.05) is 19.1 Å². The van der Waals surface area contributed by atoms with Crippen molar-refractivity contribution in [2.75, 3.05) is 0 Å². The third-order valence-electron chi connectivity index (χ3n) is 6.64. The maximum atomic E-state index is 15.1. The summed E-state index contributed by atoms with van der Waals surface area (Å²) in [6, 6.07) is 16.6. The molecule has 6 aromatic rings. The predicted molar refractivity (Wildman–Crippen MR) is 128 cm³/mol. The van der Waals surface area contributed by atoms with Crippen molar-refractivity contribution in [3.8, 4) is 0 Å². The summed E-state index contributed by atoms with van der Waals surface area (Å²) < 4.78 is 19.6. The second-order valence-corrected chi connectivity index (χ2v) is 10.2. The molecule has 0 aliphatic rings. The molecule has 0 N–H and O–H groups in total. The Labute approximate surface area is 180 Å². The Bertz CT molecular complexity index is 1660. The number of fused-ring (bicyclic) bond motifs is 5. The summed E-state index contributed by atoms with van der Waals surface area (Å²) in [4.78, 5) is 0. The fourth-order valence-corrected chi connectivity index (χ4v) is 5.54. The van der Waals surface area contributed by atoms with Crippen LogP contribution in [-0.2, 0) is 13.5 Å². The molecule has 2 nitrogen and oxygen atoms in total. The second kappa shape index (κ2) is 5.94. The maximum Gasteiger partial charge on any atom is 0.238 e. The van der Waals surface area contributed by atoms with Crippen LogP contribution in [-0.4, -0.2) is 4.40 Å². The Balaban J connectivity index is 2.02. The monoisotopic (exact) mass is 409 g/mol. The van der Waals surface area contributed by atoms with Crippen LogP contribution in [0.15, 0.2) is 54.7 Å². The molecule has 0 spiro atoms. The van der Waals surface area contributed by atoms with Crippen LogP contribution in [0.25, 0.3) is 49.0 Å². The summed E-state index contributed by atoms with van der Waals surface area (Å²) >= 11 is 0. The molecule has 0 saturated heterocycles. The molecule has 0 fully saturated rings. The van der Waals surface area contributed by atoms with E-state index in [1.54, 1.807) is 6.07 Å². The lowest BCUT2D eigenvalue weighted by Gasteiger charge is -2.19. The van der Waals surface area contributed by atoms with Gasteiger partial charge in [-0.3, -0.25) is 0 Å². The fourth-order valence-electron chi connectivity index (χ4n) is 5.54. The lowest BCUT2D eigenvalue weighted by Crippen LogP contribution is -2.29. The molecule has 31 heavy (non-hydrogen) atoms. The molecule has 3 heterocycles. The van der Waals surface area contributed by atoms with Gasteiger partial charge in [0.2, 0.25) is 5.52 Å². The highest BCUT2D eigenvalue weighted by atomic mass is 19.1. The Kier molecular flexibility index (Phi) is 3.56. The van der Waals surface area contributed by atoms with E-state index in [4.69, 9.17) is 0 Å². The highest BCUT2D eigenvalue weighted by Crippen LogP contribution is 2.42. The van der Waals surface area contributed by atoms with Crippen LogP contribution in [0.2, 0.25) is 0 Å². The van der Waals surface area contributed by atoms with Gasteiger partial charge in [-0.15, -0.1) is 0 Å². The van der Waals surface area contributed by atoms with Crippen molar-refractivity contribution in [3.05, 3.63) is 71.7 Å². The van der Waals surface area contributed by atoms with Gasteiger partial charge in [0.05, 0.1) is 16.4 Å². The molecular formula is C28H26FN2+. The van der Waals surface area contributed by atoms with Crippen LogP contribution in [0, 0.1) is 18.2 Å². The first-order chi connectivity index (χ1) is 14.8. The van der Waals surface area contributed by atoms with Gasteiger partial charge in [-0.2, -0.15) is 4.57 Å². The largest absolute Gasteiger partial charge is 0.303 e. The van der Waals surface area contributed by atoms with Gasteiger partial charge >= 0.3 is 0 Å². The lowest BCUT2D eigenvalue weighted by atomic mass is 9.87. The average Bonchev–Trinajstić information content (AvgIpc) is 3.04. The number of para-hydroxylation sites is 1. The molecule has 0 aliphatic heterocycles. The molecule has 0 unspecified atom stereocenters. The van der Waals surface area contributed by atoms with Gasteiger partial charge in [0, 0.05) is 27.6 Å². The van der Waals surface area contributed by atoms with Crippen molar-refractivity contribution in [1.82, 2.24) is 4.40 Å². The zero-order chi connectivity index (χ0) is 21.7. The molecular weight excluding hydrogens is 383 g/mol. The van der Waals surface area contributed by atoms with Gasteiger partial charge in [-0.25, -0.2) is 4.39 Å². The molecule has 154 valence electrons. The topological polar surface area (TPSA) is 8.29 Å². The minimum Gasteiger partial charge on any atom is -0.303 e. The van der Waals surface area contributed by atoms with E-state index in [0.29, 0.717) is 5.39 Å². The predicted octanol–water partition coefficient (Wildman–Crippen LogP) is 6.85. The smallest absolute Gasteiger partial charge is 0.238 e. The van der Waals surface area contributed by atoms with Gasteiger partial charge in [-0.1, -0.05) is 51.1 Å². The van der Waals surface area contributed by atoms with Crippen LogP contribution in [0.5, 0.6) is 0 Å². The van der Waals surface area contributed by atoms with E-state index in [1.165, 1.54) is 27.4 Å². The van der Waals surface area contributed by atoms with E-state index in [-0.39, 0.29) is 11.2 Å². The Morgan fingerprint density at radius 2 is 1.61 bits per heavy atom. The number of hydrogen-bond acceptors (Lipinski definition) is 0. The average molecular weight is 410 g/mol. The molecule has 0 bridgehead atoms. The number of aromatic nitrogens is 2. The molecule has 3 aromatic carbocycles. The third-order valence-corrected chi connectivity index (χ3v) is 6.64. The highest BCUT2D eigenvalue weighted by Gasteiger charge is 2.26. The summed E-state index contributed by atoms with van der Waals surface area (Å²) in [7, 11) is 2.09. The van der Waals surface area contributed by atoms with Gasteiger partial charge in [0.1, 0.15) is 18.4 Å². The molecule has 3 heteroatoms. The van der Waals surface area contributed by atoms with Crippen LogP contribution < -0.4 is 4.57 Å². The van der Waals surface area contributed by atoms with E-state index in [0.717, 1.165) is 33.8 Å². The van der Waals surface area contributed by atoms with Gasteiger partial charge in [-0.05, 0) is 42.0 Å². The van der Waals surface area contributed by atoms with Crippen LogP contribution in [0.3, 0.4) is 0 Å². The van der Waals surface area contributed by atoms with Crippen LogP contribution in [0.1, 0.15) is 31.9 Å². The molecule has 6 rings (SSSR count). The van der Waals surface area contributed by atoms with Crippen LogP contribution in [0.4, 0.5) is 4.39 Å². The number of nitrogens with zero attached hydrogens (tertiary/aromatic N) is 2. The summed E-state index contributed by atoms with van der Waals surface area (Å²) in [5.41, 5.74) is 7.19. The van der Waals surface area contributed by atoms with Crippen molar-refractivity contribution >= 4 is 49.0 Å². The van der Waals surface area contributed by atoms with Crippen molar-refractivity contribution in [3.63, 3.8) is 0 Å².